The van der Waals surface area contributed by atoms with Crippen LogP contribution in [0.5, 0.6) is 0 Å². The van der Waals surface area contributed by atoms with Crippen molar-refractivity contribution in [3.63, 3.8) is 0 Å². The fourth-order valence-corrected chi connectivity index (χ4v) is 4.44. The molecule has 120 valence electrons. The summed E-state index contributed by atoms with van der Waals surface area (Å²) >= 11 is 0. The molecule has 3 aliphatic rings. The van der Waals surface area contributed by atoms with Crippen LogP contribution in [0.4, 0.5) is 5.69 Å². The largest absolute Gasteiger partial charge is 0.382 e. The first-order valence-electron chi connectivity index (χ1n) is 9.01. The summed E-state index contributed by atoms with van der Waals surface area (Å²) in [7, 11) is 0. The van der Waals surface area contributed by atoms with Crippen LogP contribution in [0, 0.1) is 5.92 Å². The average Bonchev–Trinajstić information content (AvgIpc) is 2.86. The lowest BCUT2D eigenvalue weighted by Gasteiger charge is -2.30. The van der Waals surface area contributed by atoms with Gasteiger partial charge in [0.2, 0.25) is 0 Å². The van der Waals surface area contributed by atoms with Gasteiger partial charge in [-0.15, -0.1) is 0 Å². The van der Waals surface area contributed by atoms with E-state index in [1.165, 1.54) is 62.9 Å². The quantitative estimate of drug-likeness (QED) is 0.902. The Morgan fingerprint density at radius 2 is 2.05 bits per heavy atom. The Morgan fingerprint density at radius 1 is 1.18 bits per heavy atom. The molecule has 2 heterocycles. The van der Waals surface area contributed by atoms with Crippen LogP contribution in [-0.2, 0) is 11.3 Å². The van der Waals surface area contributed by atoms with Gasteiger partial charge in [-0.3, -0.25) is 0 Å². The molecule has 1 aliphatic carbocycles. The minimum absolute atomic E-state index is 0.0215. The zero-order valence-electron chi connectivity index (χ0n) is 13.5. The molecule has 1 unspecified atom stereocenters. The Morgan fingerprint density at radius 3 is 2.95 bits per heavy atom. The van der Waals surface area contributed by atoms with Crippen LogP contribution in [0.15, 0.2) is 24.3 Å². The monoisotopic (exact) mass is 300 g/mol. The van der Waals surface area contributed by atoms with E-state index in [1.807, 2.05) is 0 Å². The highest BCUT2D eigenvalue weighted by Gasteiger charge is 2.40. The summed E-state index contributed by atoms with van der Waals surface area (Å²) in [6.07, 6.45) is 8.38. The van der Waals surface area contributed by atoms with E-state index in [9.17, 15) is 0 Å². The summed E-state index contributed by atoms with van der Waals surface area (Å²) in [5.74, 6) is 0.930. The van der Waals surface area contributed by atoms with Gasteiger partial charge in [0, 0.05) is 37.4 Å². The van der Waals surface area contributed by atoms with Crippen molar-refractivity contribution in [2.75, 3.05) is 31.5 Å². The van der Waals surface area contributed by atoms with Crippen LogP contribution in [-0.4, -0.2) is 36.7 Å². The maximum atomic E-state index is 6.39. The van der Waals surface area contributed by atoms with Crippen molar-refractivity contribution in [2.24, 2.45) is 5.92 Å². The number of rotatable bonds is 2. The number of nitrogens with zero attached hydrogens (tertiary/aromatic N) is 1. The molecule has 22 heavy (non-hydrogen) atoms. The highest BCUT2D eigenvalue weighted by Crippen LogP contribution is 2.33. The minimum atomic E-state index is 0.0215. The second kappa shape index (κ2) is 6.21. The number of likely N-dealkylation sites (tertiary alicyclic amines) is 1. The zero-order chi connectivity index (χ0) is 14.8. The van der Waals surface area contributed by atoms with E-state index in [4.69, 9.17) is 4.74 Å². The van der Waals surface area contributed by atoms with Crippen molar-refractivity contribution in [3.05, 3.63) is 29.8 Å². The molecule has 3 nitrogen and oxygen atoms in total. The third-order valence-electron chi connectivity index (χ3n) is 5.79. The molecule has 0 bridgehead atoms. The first kappa shape index (κ1) is 14.5. The smallest absolute Gasteiger partial charge is 0.0996 e. The fourth-order valence-electron chi connectivity index (χ4n) is 4.44. The minimum Gasteiger partial charge on any atom is -0.382 e. The van der Waals surface area contributed by atoms with Crippen LogP contribution in [0.1, 0.15) is 44.1 Å². The summed E-state index contributed by atoms with van der Waals surface area (Å²) < 4.78 is 6.39. The third kappa shape index (κ3) is 3.02. The SMILES string of the molecule is c1ccc2c(c1)COC1(CCN(CC3CCCCC3)C1)CN2. The van der Waals surface area contributed by atoms with Crippen LogP contribution in [0.3, 0.4) is 0 Å². The molecule has 1 spiro atoms. The van der Waals surface area contributed by atoms with Gasteiger partial charge >= 0.3 is 0 Å². The van der Waals surface area contributed by atoms with Crippen molar-refractivity contribution in [1.82, 2.24) is 4.90 Å². The molecule has 3 heteroatoms. The molecule has 0 amide bonds. The van der Waals surface area contributed by atoms with Crippen LogP contribution in [0.25, 0.3) is 0 Å². The summed E-state index contributed by atoms with van der Waals surface area (Å²) in [6.45, 7) is 5.29. The Labute approximate surface area is 134 Å². The molecular weight excluding hydrogens is 272 g/mol. The number of fused-ring (bicyclic) bond motifs is 1. The van der Waals surface area contributed by atoms with Gasteiger partial charge in [-0.05, 0) is 31.2 Å². The molecule has 1 saturated heterocycles. The van der Waals surface area contributed by atoms with E-state index < -0.39 is 0 Å². The van der Waals surface area contributed by atoms with Gasteiger partial charge in [-0.1, -0.05) is 37.5 Å². The van der Waals surface area contributed by atoms with Crippen molar-refractivity contribution in [2.45, 2.75) is 50.7 Å². The molecule has 1 aromatic carbocycles. The van der Waals surface area contributed by atoms with E-state index in [2.05, 4.69) is 34.5 Å². The second-order valence-electron chi connectivity index (χ2n) is 7.47. The van der Waals surface area contributed by atoms with Gasteiger partial charge in [-0.2, -0.15) is 0 Å². The summed E-state index contributed by atoms with van der Waals surface area (Å²) in [5, 5.41) is 3.63. The first-order valence-corrected chi connectivity index (χ1v) is 9.01. The van der Waals surface area contributed by atoms with Gasteiger partial charge in [0.25, 0.3) is 0 Å². The van der Waals surface area contributed by atoms with E-state index in [-0.39, 0.29) is 5.60 Å². The number of hydrogen-bond acceptors (Lipinski definition) is 3. The molecule has 2 fully saturated rings. The second-order valence-corrected chi connectivity index (χ2v) is 7.47. The lowest BCUT2D eigenvalue weighted by molar-refractivity contribution is -0.0365. The molecule has 1 saturated carbocycles. The third-order valence-corrected chi connectivity index (χ3v) is 5.79. The van der Waals surface area contributed by atoms with Gasteiger partial charge in [0.05, 0.1) is 12.2 Å². The molecule has 0 radical (unpaired) electrons. The highest BCUT2D eigenvalue weighted by molar-refractivity contribution is 5.51. The number of nitrogens with one attached hydrogen (secondary N) is 1. The van der Waals surface area contributed by atoms with Gasteiger partial charge in [-0.25, -0.2) is 0 Å². The average molecular weight is 300 g/mol. The molecule has 1 N–H and O–H groups in total. The van der Waals surface area contributed by atoms with Gasteiger partial charge in [0.15, 0.2) is 0 Å². The Kier molecular flexibility index (Phi) is 4.10. The lowest BCUT2D eigenvalue weighted by Crippen LogP contribution is -2.42. The van der Waals surface area contributed by atoms with Crippen molar-refractivity contribution < 1.29 is 4.74 Å². The summed E-state index contributed by atoms with van der Waals surface area (Å²) in [5.41, 5.74) is 2.57. The molecule has 1 atom stereocenters. The number of benzene rings is 1. The van der Waals surface area contributed by atoms with Crippen LogP contribution < -0.4 is 5.32 Å². The highest BCUT2D eigenvalue weighted by atomic mass is 16.5. The molecule has 1 aromatic rings. The van der Waals surface area contributed by atoms with Crippen LogP contribution >= 0.6 is 0 Å². The number of para-hydroxylation sites is 1. The van der Waals surface area contributed by atoms with Crippen molar-refractivity contribution >= 4 is 5.69 Å². The standard InChI is InChI=1S/C19H28N2O/c1-2-6-16(7-3-1)12-21-11-10-19(15-21)14-20-18-9-5-4-8-17(18)13-22-19/h4-5,8-9,16,20H,1-3,6-7,10-15H2. The molecular formula is C19H28N2O. The summed E-state index contributed by atoms with van der Waals surface area (Å²) in [6, 6.07) is 8.56. The number of hydrogen-bond donors (Lipinski definition) is 1. The van der Waals surface area contributed by atoms with Crippen LogP contribution in [0.2, 0.25) is 0 Å². The summed E-state index contributed by atoms with van der Waals surface area (Å²) in [4.78, 5) is 2.66. The molecule has 0 aromatic heterocycles. The number of ether oxygens (including phenoxy) is 1. The van der Waals surface area contributed by atoms with E-state index in [0.717, 1.165) is 25.6 Å². The maximum Gasteiger partial charge on any atom is 0.0996 e. The van der Waals surface area contributed by atoms with Crippen molar-refractivity contribution in [3.8, 4) is 0 Å². The lowest BCUT2D eigenvalue weighted by atomic mass is 9.89. The maximum absolute atomic E-state index is 6.39. The predicted molar refractivity (Wildman–Crippen MR) is 90.1 cm³/mol. The van der Waals surface area contributed by atoms with Gasteiger partial charge < -0.3 is 15.0 Å². The Hall–Kier alpha value is -1.06. The zero-order valence-corrected chi connectivity index (χ0v) is 13.5. The Bertz CT molecular complexity index is 483. The molecule has 2 aliphatic heterocycles. The van der Waals surface area contributed by atoms with Gasteiger partial charge in [0.1, 0.15) is 0 Å². The van der Waals surface area contributed by atoms with E-state index in [0.29, 0.717) is 0 Å². The number of anilines is 1. The Balaban J connectivity index is 1.37. The normalized spacial score (nSPS) is 30.0. The van der Waals surface area contributed by atoms with E-state index >= 15 is 0 Å². The first-order chi connectivity index (χ1) is 10.8. The predicted octanol–water partition coefficient (Wildman–Crippen LogP) is 3.65. The topological polar surface area (TPSA) is 24.5 Å². The van der Waals surface area contributed by atoms with E-state index in [1.54, 1.807) is 0 Å². The fraction of sp³-hybridized carbons (Fsp3) is 0.684. The molecule has 4 rings (SSSR count). The van der Waals surface area contributed by atoms with Crippen molar-refractivity contribution in [1.29, 1.82) is 0 Å².